The highest BCUT2D eigenvalue weighted by atomic mass is 32.2. The molecule has 0 unspecified atom stereocenters. The minimum atomic E-state index is -3.35. The van der Waals surface area contributed by atoms with Gasteiger partial charge in [0.2, 0.25) is 0 Å². The van der Waals surface area contributed by atoms with Gasteiger partial charge in [-0.3, -0.25) is 4.99 Å². The Morgan fingerprint density at radius 3 is 2.58 bits per heavy atom. The summed E-state index contributed by atoms with van der Waals surface area (Å²) >= 11 is 1.37. The average molecular weight is 401 g/mol. The minimum absolute atomic E-state index is 0.332. The molecule has 0 aromatic carbocycles. The molecule has 1 aromatic heterocycles. The molecule has 1 aromatic rings. The van der Waals surface area contributed by atoms with Gasteiger partial charge < -0.3 is 10.2 Å². The molecule has 1 N–H and O–H groups in total. The maximum Gasteiger partial charge on any atom is 0.252 e. The summed E-state index contributed by atoms with van der Waals surface area (Å²) < 4.78 is 27.1. The first-order valence-corrected chi connectivity index (χ1v) is 11.5. The van der Waals surface area contributed by atoms with E-state index in [4.69, 9.17) is 0 Å². The van der Waals surface area contributed by atoms with E-state index in [1.165, 1.54) is 22.1 Å². The van der Waals surface area contributed by atoms with Crippen LogP contribution in [-0.4, -0.2) is 63.4 Å². The Bertz CT molecular complexity index is 721. The van der Waals surface area contributed by atoms with Crippen LogP contribution in [0.4, 0.5) is 0 Å². The molecule has 1 fully saturated rings. The first-order chi connectivity index (χ1) is 12.2. The zero-order chi connectivity index (χ0) is 19.4. The lowest BCUT2D eigenvalue weighted by Gasteiger charge is -2.23. The van der Waals surface area contributed by atoms with Crippen LogP contribution >= 0.6 is 11.3 Å². The van der Waals surface area contributed by atoms with Crippen LogP contribution in [0.5, 0.6) is 0 Å². The number of nitrogens with one attached hydrogen (secondary N) is 1. The summed E-state index contributed by atoms with van der Waals surface area (Å²) in [5.41, 5.74) is 0.332. The van der Waals surface area contributed by atoms with E-state index < -0.39 is 10.0 Å². The van der Waals surface area contributed by atoms with Crippen LogP contribution in [0, 0.1) is 5.41 Å². The van der Waals surface area contributed by atoms with E-state index in [1.807, 2.05) is 27.0 Å². The quantitative estimate of drug-likeness (QED) is 0.564. The number of sulfonamides is 1. The number of aliphatic imine (C=N–C) groups is 1. The van der Waals surface area contributed by atoms with Crippen molar-refractivity contribution in [3.63, 3.8) is 0 Å². The third kappa shape index (κ3) is 4.98. The maximum atomic E-state index is 12.6. The molecule has 1 aliphatic rings. The van der Waals surface area contributed by atoms with E-state index in [-0.39, 0.29) is 0 Å². The fourth-order valence-corrected chi connectivity index (χ4v) is 6.21. The maximum absolute atomic E-state index is 12.6. The topological polar surface area (TPSA) is 65.0 Å². The van der Waals surface area contributed by atoms with Gasteiger partial charge in [0.05, 0.1) is 0 Å². The third-order valence-electron chi connectivity index (χ3n) is 4.78. The van der Waals surface area contributed by atoms with E-state index in [0.29, 0.717) is 22.7 Å². The van der Waals surface area contributed by atoms with E-state index >= 15 is 0 Å². The standard InChI is InChI=1S/C18H32N4O2S2/c1-6-22(7-2)26(23,24)16-9-8-15(25-16)10-12-20-17(19-5)21-13-11-18(3,4)14-21/h8-9H,6-7,10-14H2,1-5H3,(H,19,20). The van der Waals surface area contributed by atoms with Gasteiger partial charge in [0, 0.05) is 44.6 Å². The number of rotatable bonds is 7. The second kappa shape index (κ2) is 8.71. The van der Waals surface area contributed by atoms with Gasteiger partial charge in [-0.25, -0.2) is 8.42 Å². The highest BCUT2D eigenvalue weighted by Gasteiger charge is 2.30. The Labute approximate surface area is 162 Å². The van der Waals surface area contributed by atoms with E-state index in [1.54, 1.807) is 6.07 Å². The van der Waals surface area contributed by atoms with Crippen molar-refractivity contribution in [2.24, 2.45) is 10.4 Å². The summed E-state index contributed by atoms with van der Waals surface area (Å²) in [6.45, 7) is 12.1. The normalized spacial score (nSPS) is 17.9. The first-order valence-electron chi connectivity index (χ1n) is 9.28. The van der Waals surface area contributed by atoms with Crippen LogP contribution in [0.3, 0.4) is 0 Å². The highest BCUT2D eigenvalue weighted by molar-refractivity contribution is 7.91. The van der Waals surface area contributed by atoms with E-state index in [9.17, 15) is 8.42 Å². The summed E-state index contributed by atoms with van der Waals surface area (Å²) in [7, 11) is -1.54. The Kier molecular flexibility index (Phi) is 7.10. The van der Waals surface area contributed by atoms with Gasteiger partial charge in [0.1, 0.15) is 4.21 Å². The summed E-state index contributed by atoms with van der Waals surface area (Å²) in [6.07, 6.45) is 1.96. The van der Waals surface area contributed by atoms with Crippen LogP contribution in [-0.2, 0) is 16.4 Å². The fourth-order valence-electron chi connectivity index (χ4n) is 3.24. The summed E-state index contributed by atoms with van der Waals surface area (Å²) in [5.74, 6) is 0.933. The molecule has 2 heterocycles. The molecule has 0 spiro atoms. The predicted molar refractivity (Wildman–Crippen MR) is 109 cm³/mol. The number of nitrogens with zero attached hydrogens (tertiary/aromatic N) is 3. The molecular weight excluding hydrogens is 368 g/mol. The summed E-state index contributed by atoms with van der Waals surface area (Å²) in [5, 5.41) is 3.41. The number of hydrogen-bond donors (Lipinski definition) is 1. The third-order valence-corrected chi connectivity index (χ3v) is 8.44. The van der Waals surface area contributed by atoms with Gasteiger partial charge in [0.25, 0.3) is 10.0 Å². The van der Waals surface area contributed by atoms with Gasteiger partial charge >= 0.3 is 0 Å². The summed E-state index contributed by atoms with van der Waals surface area (Å²) in [4.78, 5) is 7.76. The molecule has 1 aliphatic heterocycles. The molecule has 1 saturated heterocycles. The Morgan fingerprint density at radius 2 is 2.04 bits per heavy atom. The molecule has 0 amide bonds. The molecule has 0 bridgehead atoms. The van der Waals surface area contributed by atoms with Crippen LogP contribution in [0.2, 0.25) is 0 Å². The number of guanidine groups is 1. The van der Waals surface area contributed by atoms with Crippen molar-refractivity contribution < 1.29 is 8.42 Å². The van der Waals surface area contributed by atoms with Crippen LogP contribution in [0.15, 0.2) is 21.3 Å². The van der Waals surface area contributed by atoms with Crippen molar-refractivity contribution >= 4 is 27.3 Å². The van der Waals surface area contributed by atoms with Crippen molar-refractivity contribution in [2.45, 2.75) is 44.7 Å². The average Bonchev–Trinajstić information content (AvgIpc) is 3.19. The minimum Gasteiger partial charge on any atom is -0.356 e. The SMILES string of the molecule is CCN(CC)S(=O)(=O)c1ccc(CCNC(=NC)N2CCC(C)(C)C2)s1. The van der Waals surface area contributed by atoms with Crippen molar-refractivity contribution in [3.05, 3.63) is 17.0 Å². The zero-order valence-electron chi connectivity index (χ0n) is 16.6. The Morgan fingerprint density at radius 1 is 1.35 bits per heavy atom. The summed E-state index contributed by atoms with van der Waals surface area (Å²) in [6, 6.07) is 3.65. The lowest BCUT2D eigenvalue weighted by molar-refractivity contribution is 0.370. The van der Waals surface area contributed by atoms with Crippen molar-refractivity contribution in [1.29, 1.82) is 0 Å². The number of likely N-dealkylation sites (tertiary alicyclic amines) is 1. The van der Waals surface area contributed by atoms with Gasteiger partial charge in [-0.05, 0) is 30.4 Å². The van der Waals surface area contributed by atoms with Gasteiger partial charge in [-0.1, -0.05) is 27.7 Å². The van der Waals surface area contributed by atoms with Crippen molar-refractivity contribution in [1.82, 2.24) is 14.5 Å². The molecule has 8 heteroatoms. The lowest BCUT2D eigenvalue weighted by atomic mass is 9.93. The molecule has 0 saturated carbocycles. The van der Waals surface area contributed by atoms with E-state index in [0.717, 1.165) is 36.9 Å². The molecule has 0 radical (unpaired) electrons. The van der Waals surface area contributed by atoms with Gasteiger partial charge in [-0.15, -0.1) is 11.3 Å². The number of thiophene rings is 1. The smallest absolute Gasteiger partial charge is 0.252 e. The fraction of sp³-hybridized carbons (Fsp3) is 0.722. The molecule has 0 atom stereocenters. The molecule has 148 valence electrons. The first kappa shape index (κ1) is 21.2. The second-order valence-electron chi connectivity index (χ2n) is 7.37. The van der Waals surface area contributed by atoms with Crippen LogP contribution in [0.25, 0.3) is 0 Å². The Hall–Kier alpha value is -1.12. The number of hydrogen-bond acceptors (Lipinski definition) is 4. The monoisotopic (exact) mass is 400 g/mol. The Balaban J connectivity index is 1.92. The molecular formula is C18H32N4O2S2. The predicted octanol–water partition coefficient (Wildman–Crippen LogP) is 2.63. The lowest BCUT2D eigenvalue weighted by Crippen LogP contribution is -2.41. The molecule has 2 rings (SSSR count). The largest absolute Gasteiger partial charge is 0.356 e. The molecule has 0 aliphatic carbocycles. The van der Waals surface area contributed by atoms with Crippen molar-refractivity contribution in [3.8, 4) is 0 Å². The second-order valence-corrected chi connectivity index (χ2v) is 10.7. The molecule has 6 nitrogen and oxygen atoms in total. The zero-order valence-corrected chi connectivity index (χ0v) is 18.2. The molecule has 26 heavy (non-hydrogen) atoms. The van der Waals surface area contributed by atoms with Crippen LogP contribution < -0.4 is 5.32 Å². The van der Waals surface area contributed by atoms with Gasteiger partial charge in [0.15, 0.2) is 5.96 Å². The van der Waals surface area contributed by atoms with E-state index in [2.05, 4.69) is 29.1 Å². The van der Waals surface area contributed by atoms with Crippen molar-refractivity contribution in [2.75, 3.05) is 39.8 Å². The van der Waals surface area contributed by atoms with Gasteiger partial charge in [-0.2, -0.15) is 4.31 Å². The highest BCUT2D eigenvalue weighted by Crippen LogP contribution is 2.28. The van der Waals surface area contributed by atoms with Crippen LogP contribution in [0.1, 0.15) is 39.0 Å².